The number of nitrogens with zero attached hydrogens (tertiary/aromatic N) is 1. The van der Waals surface area contributed by atoms with E-state index in [0.717, 1.165) is 34.4 Å². The van der Waals surface area contributed by atoms with Crippen LogP contribution in [0, 0.1) is 6.92 Å². The number of hydrogen-bond donors (Lipinski definition) is 1. The van der Waals surface area contributed by atoms with Crippen molar-refractivity contribution in [2.24, 2.45) is 5.73 Å². The fraction of sp³-hybridized carbons (Fsp3) is 0.312. The van der Waals surface area contributed by atoms with Gasteiger partial charge in [-0.15, -0.1) is 0 Å². The average molecular weight is 351 g/mol. The molecule has 0 bridgehead atoms. The summed E-state index contributed by atoms with van der Waals surface area (Å²) in [5.41, 5.74) is 8.99. The van der Waals surface area contributed by atoms with Crippen LogP contribution in [-0.2, 0) is 11.3 Å². The molecule has 0 aliphatic rings. The van der Waals surface area contributed by atoms with Crippen molar-refractivity contribution in [3.05, 3.63) is 46.1 Å². The minimum Gasteiger partial charge on any atom is -0.385 e. The zero-order valence-corrected chi connectivity index (χ0v) is 13.8. The fourth-order valence-electron chi connectivity index (χ4n) is 2.44. The smallest absolute Gasteiger partial charge is 0.250 e. The second-order valence-corrected chi connectivity index (χ2v) is 5.82. The van der Waals surface area contributed by atoms with Gasteiger partial charge in [-0.3, -0.25) is 4.79 Å². The first-order valence-electron chi connectivity index (χ1n) is 6.79. The molecule has 0 radical (unpaired) electrons. The summed E-state index contributed by atoms with van der Waals surface area (Å²) in [6.45, 7) is 3.39. The normalized spacial score (nSPS) is 10.8. The molecule has 0 saturated heterocycles. The highest BCUT2D eigenvalue weighted by Crippen LogP contribution is 2.28. The molecule has 112 valence electrons. The number of ether oxygens (including phenoxy) is 1. The first-order valence-corrected chi connectivity index (χ1v) is 7.58. The number of benzene rings is 1. The molecule has 0 fully saturated rings. The number of primary amides is 1. The van der Waals surface area contributed by atoms with Crippen LogP contribution in [0.5, 0.6) is 0 Å². The van der Waals surface area contributed by atoms with E-state index in [1.807, 2.05) is 37.3 Å². The van der Waals surface area contributed by atoms with Crippen LogP contribution in [0.15, 0.2) is 34.8 Å². The number of halogens is 1. The standard InChI is InChI=1S/C16H19BrN2O2/c1-11-14(16(18)20)10-15(19(11)7-4-8-21-2)12-5-3-6-13(17)9-12/h3,5-6,9-10H,4,7-8H2,1-2H3,(H2,18,20). The zero-order chi connectivity index (χ0) is 15.4. The molecule has 2 rings (SSSR count). The molecule has 21 heavy (non-hydrogen) atoms. The van der Waals surface area contributed by atoms with Gasteiger partial charge >= 0.3 is 0 Å². The van der Waals surface area contributed by atoms with Gasteiger partial charge in [0.1, 0.15) is 0 Å². The summed E-state index contributed by atoms with van der Waals surface area (Å²) in [6, 6.07) is 9.88. The van der Waals surface area contributed by atoms with Gasteiger partial charge in [-0.05, 0) is 37.1 Å². The Bertz CT molecular complexity index is 650. The average Bonchev–Trinajstić information content (AvgIpc) is 2.77. The van der Waals surface area contributed by atoms with Crippen LogP contribution in [0.25, 0.3) is 11.3 Å². The molecule has 2 N–H and O–H groups in total. The summed E-state index contributed by atoms with van der Waals surface area (Å²) in [7, 11) is 1.69. The van der Waals surface area contributed by atoms with Gasteiger partial charge in [0.25, 0.3) is 5.91 Å². The molecular formula is C16H19BrN2O2. The monoisotopic (exact) mass is 350 g/mol. The van der Waals surface area contributed by atoms with Gasteiger partial charge < -0.3 is 15.0 Å². The van der Waals surface area contributed by atoms with Crippen LogP contribution >= 0.6 is 15.9 Å². The highest BCUT2D eigenvalue weighted by molar-refractivity contribution is 9.10. The quantitative estimate of drug-likeness (QED) is 0.812. The van der Waals surface area contributed by atoms with Crippen molar-refractivity contribution in [1.82, 2.24) is 4.57 Å². The molecule has 0 aliphatic carbocycles. The van der Waals surface area contributed by atoms with Crippen molar-refractivity contribution in [3.63, 3.8) is 0 Å². The molecule has 0 atom stereocenters. The van der Waals surface area contributed by atoms with E-state index < -0.39 is 5.91 Å². The molecule has 0 aliphatic heterocycles. The molecule has 0 saturated carbocycles. The summed E-state index contributed by atoms with van der Waals surface area (Å²) < 4.78 is 8.24. The van der Waals surface area contributed by atoms with Crippen molar-refractivity contribution < 1.29 is 9.53 Å². The third-order valence-corrected chi connectivity index (χ3v) is 3.98. The maximum atomic E-state index is 11.6. The van der Waals surface area contributed by atoms with Crippen LogP contribution in [0.4, 0.5) is 0 Å². The minimum absolute atomic E-state index is 0.394. The Labute approximate surface area is 133 Å². The minimum atomic E-state index is -0.394. The first kappa shape index (κ1) is 15.8. The summed E-state index contributed by atoms with van der Waals surface area (Å²) in [5.74, 6) is -0.394. The number of carbonyl (C=O) groups is 1. The van der Waals surface area contributed by atoms with E-state index in [1.165, 1.54) is 0 Å². The zero-order valence-electron chi connectivity index (χ0n) is 12.2. The Hall–Kier alpha value is -1.59. The molecule has 4 nitrogen and oxygen atoms in total. The summed E-state index contributed by atoms with van der Waals surface area (Å²) in [5, 5.41) is 0. The lowest BCUT2D eigenvalue weighted by atomic mass is 10.1. The maximum Gasteiger partial charge on any atom is 0.250 e. The Kier molecular flexibility index (Phi) is 5.20. The molecule has 1 aromatic heterocycles. The van der Waals surface area contributed by atoms with Crippen molar-refractivity contribution in [1.29, 1.82) is 0 Å². The Morgan fingerprint density at radius 2 is 2.14 bits per heavy atom. The lowest BCUT2D eigenvalue weighted by Gasteiger charge is -2.12. The highest BCUT2D eigenvalue weighted by Gasteiger charge is 2.16. The largest absolute Gasteiger partial charge is 0.385 e. The third kappa shape index (κ3) is 3.54. The number of rotatable bonds is 6. The van der Waals surface area contributed by atoms with E-state index in [2.05, 4.69) is 20.5 Å². The number of methoxy groups -OCH3 is 1. The molecule has 0 spiro atoms. The van der Waals surface area contributed by atoms with Crippen LogP contribution in [0.1, 0.15) is 22.5 Å². The van der Waals surface area contributed by atoms with Gasteiger partial charge in [-0.25, -0.2) is 0 Å². The predicted molar refractivity (Wildman–Crippen MR) is 87.3 cm³/mol. The Balaban J connectivity index is 2.47. The van der Waals surface area contributed by atoms with Crippen LogP contribution in [0.2, 0.25) is 0 Å². The van der Waals surface area contributed by atoms with E-state index in [-0.39, 0.29) is 0 Å². The summed E-state index contributed by atoms with van der Waals surface area (Å²) in [4.78, 5) is 11.6. The van der Waals surface area contributed by atoms with Gasteiger partial charge in [0, 0.05) is 36.1 Å². The fourth-order valence-corrected chi connectivity index (χ4v) is 2.84. The molecule has 5 heteroatoms. The van der Waals surface area contributed by atoms with Gasteiger partial charge in [-0.1, -0.05) is 28.1 Å². The lowest BCUT2D eigenvalue weighted by molar-refractivity contribution is 0.0999. The molecule has 0 unspecified atom stereocenters. The Morgan fingerprint density at radius 3 is 2.76 bits per heavy atom. The Morgan fingerprint density at radius 1 is 1.38 bits per heavy atom. The predicted octanol–water partition coefficient (Wildman–Crippen LogP) is 3.36. The number of hydrogen-bond acceptors (Lipinski definition) is 2. The van der Waals surface area contributed by atoms with E-state index in [9.17, 15) is 4.79 Å². The topological polar surface area (TPSA) is 57.2 Å². The van der Waals surface area contributed by atoms with Gasteiger partial charge in [0.2, 0.25) is 0 Å². The van der Waals surface area contributed by atoms with E-state index in [4.69, 9.17) is 10.5 Å². The van der Waals surface area contributed by atoms with E-state index >= 15 is 0 Å². The van der Waals surface area contributed by atoms with Crippen LogP contribution in [-0.4, -0.2) is 24.2 Å². The lowest BCUT2D eigenvalue weighted by Crippen LogP contribution is -2.13. The maximum absolute atomic E-state index is 11.6. The van der Waals surface area contributed by atoms with E-state index in [1.54, 1.807) is 7.11 Å². The number of amides is 1. The summed E-state index contributed by atoms with van der Waals surface area (Å²) in [6.07, 6.45) is 0.880. The van der Waals surface area contributed by atoms with Gasteiger partial charge in [-0.2, -0.15) is 0 Å². The number of carbonyl (C=O) groups excluding carboxylic acids is 1. The molecular weight excluding hydrogens is 332 g/mol. The highest BCUT2D eigenvalue weighted by atomic mass is 79.9. The molecule has 1 aromatic carbocycles. The van der Waals surface area contributed by atoms with Gasteiger partial charge in [0.05, 0.1) is 5.56 Å². The van der Waals surface area contributed by atoms with Crippen molar-refractivity contribution in [3.8, 4) is 11.3 Å². The second kappa shape index (κ2) is 6.91. The van der Waals surface area contributed by atoms with Gasteiger partial charge in [0.15, 0.2) is 0 Å². The summed E-state index contributed by atoms with van der Waals surface area (Å²) >= 11 is 3.48. The van der Waals surface area contributed by atoms with Crippen molar-refractivity contribution in [2.45, 2.75) is 19.9 Å². The molecule has 1 amide bonds. The molecule has 1 heterocycles. The van der Waals surface area contributed by atoms with Crippen LogP contribution in [0.3, 0.4) is 0 Å². The first-order chi connectivity index (χ1) is 10.0. The third-order valence-electron chi connectivity index (χ3n) is 3.48. The number of aromatic nitrogens is 1. The van der Waals surface area contributed by atoms with Crippen molar-refractivity contribution >= 4 is 21.8 Å². The van der Waals surface area contributed by atoms with E-state index in [0.29, 0.717) is 12.2 Å². The number of nitrogens with two attached hydrogens (primary N) is 1. The molecule has 2 aromatic rings. The second-order valence-electron chi connectivity index (χ2n) is 4.90. The SMILES string of the molecule is COCCCn1c(-c2cccc(Br)c2)cc(C(N)=O)c1C. The van der Waals surface area contributed by atoms with Crippen LogP contribution < -0.4 is 5.73 Å². The van der Waals surface area contributed by atoms with Crippen molar-refractivity contribution in [2.75, 3.05) is 13.7 Å².